The smallest absolute Gasteiger partial charge is 0.282 e. The lowest BCUT2D eigenvalue weighted by Gasteiger charge is -2.11. The van der Waals surface area contributed by atoms with Crippen molar-refractivity contribution in [1.29, 1.82) is 0 Å². The summed E-state index contributed by atoms with van der Waals surface area (Å²) >= 11 is 3.00. The van der Waals surface area contributed by atoms with E-state index in [1.54, 1.807) is 0 Å². The molecule has 0 amide bonds. The largest absolute Gasteiger partial charge is 0.355 e. The maximum atomic E-state index is 14.1. The fourth-order valence-electron chi connectivity index (χ4n) is 1.88. The molecule has 7 nitrogen and oxygen atoms in total. The number of sulfonamides is 1. The first-order valence-corrected chi connectivity index (χ1v) is 8.98. The second-order valence-corrected chi connectivity index (χ2v) is 7.54. The number of aromatic nitrogens is 3. The molecule has 2 rings (SSSR count). The van der Waals surface area contributed by atoms with Gasteiger partial charge in [0.05, 0.1) is 11.4 Å². The minimum atomic E-state index is -3.67. The van der Waals surface area contributed by atoms with Gasteiger partial charge in [-0.2, -0.15) is 13.5 Å². The molecule has 0 aliphatic heterocycles. The molecule has 1 aromatic heterocycles. The van der Waals surface area contributed by atoms with Gasteiger partial charge in [0.25, 0.3) is 0 Å². The fraction of sp³-hybridized carbons (Fsp3) is 0.333. The molecular formula is C12H12BrF3N4O3S. The van der Waals surface area contributed by atoms with Gasteiger partial charge in [-0.25, -0.2) is 22.2 Å². The number of hydrogen-bond donors (Lipinski definition) is 1. The van der Waals surface area contributed by atoms with E-state index in [1.165, 1.54) is 13.8 Å². The quantitative estimate of drug-likeness (QED) is 0.791. The highest BCUT2D eigenvalue weighted by Gasteiger charge is 2.21. The zero-order chi connectivity index (χ0) is 18.2. The van der Waals surface area contributed by atoms with Crippen LogP contribution in [0.25, 0.3) is 5.69 Å². The summed E-state index contributed by atoms with van der Waals surface area (Å²) in [5.41, 5.74) is -1.75. The van der Waals surface area contributed by atoms with Crippen LogP contribution < -0.4 is 10.4 Å². The Bertz CT molecular complexity index is 940. The van der Waals surface area contributed by atoms with Crippen LogP contribution in [0.2, 0.25) is 0 Å². The number of alkyl halides is 2. The van der Waals surface area contributed by atoms with Crippen molar-refractivity contribution in [3.8, 4) is 5.69 Å². The summed E-state index contributed by atoms with van der Waals surface area (Å²) in [4.78, 5) is 12.0. The Morgan fingerprint density at radius 3 is 2.50 bits per heavy atom. The van der Waals surface area contributed by atoms with Crippen molar-refractivity contribution in [3.63, 3.8) is 0 Å². The van der Waals surface area contributed by atoms with Gasteiger partial charge in [-0.05, 0) is 41.9 Å². The summed E-state index contributed by atoms with van der Waals surface area (Å²) in [5.74, 6) is -1.49. The third kappa shape index (κ3) is 3.48. The van der Waals surface area contributed by atoms with Crippen molar-refractivity contribution in [2.24, 2.45) is 0 Å². The Morgan fingerprint density at radius 2 is 2.00 bits per heavy atom. The molecule has 0 saturated heterocycles. The molecule has 24 heavy (non-hydrogen) atoms. The van der Waals surface area contributed by atoms with Gasteiger partial charge in [-0.1, -0.05) is 0 Å². The van der Waals surface area contributed by atoms with E-state index in [-0.39, 0.29) is 26.3 Å². The molecule has 0 radical (unpaired) electrons. The number of anilines is 1. The number of nitrogens with one attached hydrogen (secondary N) is 1. The maximum absolute atomic E-state index is 14.1. The summed E-state index contributed by atoms with van der Waals surface area (Å²) < 4.78 is 66.0. The third-order valence-electron chi connectivity index (χ3n) is 3.09. The van der Waals surface area contributed by atoms with Crippen LogP contribution in [-0.2, 0) is 10.0 Å². The highest BCUT2D eigenvalue weighted by Crippen LogP contribution is 2.28. The predicted molar refractivity (Wildman–Crippen MR) is 84.6 cm³/mol. The second-order valence-electron chi connectivity index (χ2n) is 4.68. The molecule has 1 heterocycles. The van der Waals surface area contributed by atoms with Gasteiger partial charge in [-0.3, -0.25) is 4.72 Å². The minimum absolute atomic E-state index is 0.0515. The Hall–Kier alpha value is -1.82. The first-order chi connectivity index (χ1) is 11.1. The van der Waals surface area contributed by atoms with Gasteiger partial charge in [0.1, 0.15) is 17.3 Å². The molecule has 132 valence electrons. The van der Waals surface area contributed by atoms with Crippen LogP contribution in [-0.4, -0.2) is 28.5 Å². The lowest BCUT2D eigenvalue weighted by atomic mass is 10.2. The molecule has 0 spiro atoms. The summed E-state index contributed by atoms with van der Waals surface area (Å²) in [6.45, 7) is -0.566. The van der Waals surface area contributed by atoms with Gasteiger partial charge in [0.2, 0.25) is 10.0 Å². The van der Waals surface area contributed by atoms with Crippen LogP contribution in [0, 0.1) is 12.7 Å². The molecule has 2 aromatic rings. The van der Waals surface area contributed by atoms with Crippen LogP contribution in [0.4, 0.5) is 18.9 Å². The van der Waals surface area contributed by atoms with Crippen molar-refractivity contribution in [2.45, 2.75) is 20.4 Å². The van der Waals surface area contributed by atoms with E-state index in [0.717, 1.165) is 12.1 Å². The Morgan fingerprint density at radius 1 is 1.38 bits per heavy atom. The lowest BCUT2D eigenvalue weighted by Crippen LogP contribution is -2.25. The lowest BCUT2D eigenvalue weighted by molar-refractivity contribution is 0.0640. The Kier molecular flexibility index (Phi) is 5.08. The number of rotatable bonds is 5. The average molecular weight is 429 g/mol. The number of aryl methyl sites for hydroxylation is 1. The van der Waals surface area contributed by atoms with Crippen LogP contribution in [0.15, 0.2) is 21.4 Å². The molecular weight excluding hydrogens is 417 g/mol. The summed E-state index contributed by atoms with van der Waals surface area (Å²) in [6.07, 6.45) is 0. The normalized spacial score (nSPS) is 12.0. The Balaban J connectivity index is 2.64. The Labute approximate surface area is 143 Å². The van der Waals surface area contributed by atoms with Crippen LogP contribution in [0.3, 0.4) is 0 Å². The first-order valence-electron chi connectivity index (χ1n) is 6.53. The second kappa shape index (κ2) is 6.59. The van der Waals surface area contributed by atoms with E-state index in [9.17, 15) is 26.4 Å². The first kappa shape index (κ1) is 18.5. The van der Waals surface area contributed by atoms with Crippen LogP contribution >= 0.6 is 15.9 Å². The van der Waals surface area contributed by atoms with E-state index in [1.807, 2.05) is 0 Å². The topological polar surface area (TPSA) is 86.0 Å². The fourth-order valence-corrected chi connectivity index (χ4v) is 3.07. The summed E-state index contributed by atoms with van der Waals surface area (Å²) in [5, 5.41) is 3.60. The van der Waals surface area contributed by atoms with Gasteiger partial charge >= 0.3 is 12.2 Å². The number of nitrogens with zero attached hydrogens (tertiary/aromatic N) is 3. The monoisotopic (exact) mass is 428 g/mol. The van der Waals surface area contributed by atoms with Gasteiger partial charge in [-0.15, -0.1) is 5.10 Å². The highest BCUT2D eigenvalue weighted by molar-refractivity contribution is 9.10. The zero-order valence-corrected chi connectivity index (χ0v) is 14.8. The number of halogens is 4. The minimum Gasteiger partial charge on any atom is -0.282 e. The van der Waals surface area contributed by atoms with Crippen LogP contribution in [0.5, 0.6) is 0 Å². The van der Waals surface area contributed by atoms with Gasteiger partial charge < -0.3 is 0 Å². The van der Waals surface area contributed by atoms with Gasteiger partial charge in [0.15, 0.2) is 0 Å². The third-order valence-corrected chi connectivity index (χ3v) is 5.03. The maximum Gasteiger partial charge on any atom is 0.355 e. The molecule has 0 saturated carbocycles. The van der Waals surface area contributed by atoms with E-state index in [4.69, 9.17) is 0 Å². The molecule has 0 fully saturated rings. The van der Waals surface area contributed by atoms with Crippen molar-refractivity contribution >= 4 is 31.6 Å². The van der Waals surface area contributed by atoms with E-state index in [0.29, 0.717) is 4.68 Å². The molecule has 1 N–H and O–H groups in total. The van der Waals surface area contributed by atoms with E-state index in [2.05, 4.69) is 25.8 Å². The molecule has 0 bridgehead atoms. The van der Waals surface area contributed by atoms with Crippen molar-refractivity contribution in [1.82, 2.24) is 14.3 Å². The van der Waals surface area contributed by atoms with Crippen LogP contribution in [0.1, 0.15) is 19.3 Å². The van der Waals surface area contributed by atoms with E-state index >= 15 is 0 Å². The van der Waals surface area contributed by atoms with Gasteiger partial charge in [0, 0.05) is 4.47 Å². The summed E-state index contributed by atoms with van der Waals surface area (Å²) in [6, 6.07) is 1.91. The standard InChI is InChI=1S/C12H12BrF3N4O3S/c1-3-24(22,23)18-9-5-10(8(14)4-7(9)13)20-12(21)19(11(15)16)6(2)17-20/h4-5,11,18H,3H2,1-2H3. The predicted octanol–water partition coefficient (Wildman–Crippen LogP) is 2.40. The molecule has 0 atom stereocenters. The summed E-state index contributed by atoms with van der Waals surface area (Å²) in [7, 11) is -3.67. The molecule has 1 aromatic carbocycles. The van der Waals surface area contributed by atoms with E-state index < -0.39 is 33.8 Å². The van der Waals surface area contributed by atoms with Crippen molar-refractivity contribution in [3.05, 3.63) is 38.7 Å². The molecule has 12 heteroatoms. The molecule has 0 unspecified atom stereocenters. The van der Waals surface area contributed by atoms with Crippen molar-refractivity contribution in [2.75, 3.05) is 10.5 Å². The molecule has 0 aliphatic carbocycles. The average Bonchev–Trinajstić information content (AvgIpc) is 2.76. The zero-order valence-electron chi connectivity index (χ0n) is 12.4. The number of benzene rings is 1. The highest BCUT2D eigenvalue weighted by atomic mass is 79.9. The van der Waals surface area contributed by atoms with Crippen molar-refractivity contribution < 1.29 is 21.6 Å². The number of hydrogen-bond acceptors (Lipinski definition) is 4. The molecule has 0 aliphatic rings. The SMILES string of the molecule is CCS(=O)(=O)Nc1cc(-n2nc(C)n(C(F)F)c2=O)c(F)cc1Br.